The summed E-state index contributed by atoms with van der Waals surface area (Å²) >= 11 is 5.94. The van der Waals surface area contributed by atoms with Gasteiger partial charge in [-0.3, -0.25) is 0 Å². The first kappa shape index (κ1) is 9.77. The largest absolute Gasteiger partial charge is 0.236 e. The SMILES string of the molecule is [N-]=[N+]=NCc1cc2ccccc2nc1Cl. The third-order valence-electron chi connectivity index (χ3n) is 2.05. The molecule has 5 heteroatoms. The number of rotatable bonds is 2. The van der Waals surface area contributed by atoms with Crippen LogP contribution in [0.2, 0.25) is 5.15 Å². The van der Waals surface area contributed by atoms with Crippen LogP contribution in [0.25, 0.3) is 21.3 Å². The van der Waals surface area contributed by atoms with Crippen molar-refractivity contribution in [1.82, 2.24) is 4.98 Å². The molecule has 0 saturated heterocycles. The number of azide groups is 1. The number of fused-ring (bicyclic) bond motifs is 1. The number of para-hydroxylation sites is 1. The van der Waals surface area contributed by atoms with Crippen LogP contribution in [0.4, 0.5) is 0 Å². The predicted molar refractivity (Wildman–Crippen MR) is 59.6 cm³/mol. The van der Waals surface area contributed by atoms with E-state index in [0.29, 0.717) is 5.15 Å². The first-order valence-electron chi connectivity index (χ1n) is 4.36. The van der Waals surface area contributed by atoms with Crippen LogP contribution in [-0.4, -0.2) is 4.98 Å². The Morgan fingerprint density at radius 1 is 1.40 bits per heavy atom. The number of aromatic nitrogens is 1. The maximum Gasteiger partial charge on any atom is 0.133 e. The van der Waals surface area contributed by atoms with Gasteiger partial charge in [0.05, 0.1) is 12.1 Å². The van der Waals surface area contributed by atoms with Crippen molar-refractivity contribution >= 4 is 22.5 Å². The van der Waals surface area contributed by atoms with E-state index in [9.17, 15) is 0 Å². The summed E-state index contributed by atoms with van der Waals surface area (Å²) in [5, 5.41) is 4.85. The zero-order valence-electron chi connectivity index (χ0n) is 7.76. The van der Waals surface area contributed by atoms with Crippen molar-refractivity contribution in [3.05, 3.63) is 51.5 Å². The number of nitrogens with zero attached hydrogens (tertiary/aromatic N) is 4. The van der Waals surface area contributed by atoms with Gasteiger partial charge in [-0.2, -0.15) is 0 Å². The second-order valence-corrected chi connectivity index (χ2v) is 3.38. The van der Waals surface area contributed by atoms with Gasteiger partial charge in [0.15, 0.2) is 0 Å². The molecule has 2 rings (SSSR count). The molecule has 0 radical (unpaired) electrons. The van der Waals surface area contributed by atoms with Gasteiger partial charge in [0.1, 0.15) is 5.15 Å². The molecule has 0 N–H and O–H groups in total. The Kier molecular flexibility index (Phi) is 2.72. The van der Waals surface area contributed by atoms with Crippen LogP contribution in [0.1, 0.15) is 5.56 Å². The van der Waals surface area contributed by atoms with Crippen LogP contribution in [0.5, 0.6) is 0 Å². The fraction of sp³-hybridized carbons (Fsp3) is 0.100. The standard InChI is InChI=1S/C10H7ClN4/c11-10-8(6-13-15-12)5-7-3-1-2-4-9(7)14-10/h1-5H,6H2. The fourth-order valence-corrected chi connectivity index (χ4v) is 1.56. The highest BCUT2D eigenvalue weighted by Crippen LogP contribution is 2.20. The molecule has 1 aromatic carbocycles. The summed E-state index contributed by atoms with van der Waals surface area (Å²) in [4.78, 5) is 6.90. The second kappa shape index (κ2) is 4.17. The summed E-state index contributed by atoms with van der Waals surface area (Å²) in [5.41, 5.74) is 9.81. The Hall–Kier alpha value is -1.77. The van der Waals surface area contributed by atoms with E-state index in [1.54, 1.807) is 0 Å². The zero-order valence-corrected chi connectivity index (χ0v) is 8.52. The van der Waals surface area contributed by atoms with Crippen molar-refractivity contribution in [2.24, 2.45) is 5.11 Å². The van der Waals surface area contributed by atoms with E-state index < -0.39 is 0 Å². The molecule has 2 aromatic rings. The van der Waals surface area contributed by atoms with E-state index in [4.69, 9.17) is 17.1 Å². The minimum atomic E-state index is 0.229. The lowest BCUT2D eigenvalue weighted by molar-refractivity contribution is 1.04. The normalized spacial score (nSPS) is 9.93. The number of hydrogen-bond acceptors (Lipinski definition) is 2. The number of benzene rings is 1. The predicted octanol–water partition coefficient (Wildman–Crippen LogP) is 3.70. The van der Waals surface area contributed by atoms with E-state index >= 15 is 0 Å². The molecular formula is C10H7ClN4. The summed E-state index contributed by atoms with van der Waals surface area (Å²) in [6.45, 7) is 0.229. The molecule has 0 aliphatic carbocycles. The van der Waals surface area contributed by atoms with Crippen LogP contribution in [0.15, 0.2) is 35.4 Å². The average molecular weight is 219 g/mol. The Morgan fingerprint density at radius 3 is 3.00 bits per heavy atom. The molecule has 0 fully saturated rings. The number of halogens is 1. The zero-order chi connectivity index (χ0) is 10.7. The summed E-state index contributed by atoms with van der Waals surface area (Å²) < 4.78 is 0. The van der Waals surface area contributed by atoms with Crippen LogP contribution >= 0.6 is 11.6 Å². The Morgan fingerprint density at radius 2 is 2.20 bits per heavy atom. The van der Waals surface area contributed by atoms with Gasteiger partial charge >= 0.3 is 0 Å². The van der Waals surface area contributed by atoms with Gasteiger partial charge in [0.25, 0.3) is 0 Å². The van der Waals surface area contributed by atoms with Gasteiger partial charge in [-0.1, -0.05) is 34.9 Å². The van der Waals surface area contributed by atoms with Gasteiger partial charge in [-0.15, -0.1) is 0 Å². The summed E-state index contributed by atoms with van der Waals surface area (Å²) in [7, 11) is 0. The highest BCUT2D eigenvalue weighted by Gasteiger charge is 2.02. The molecule has 74 valence electrons. The Bertz CT molecular complexity index is 546. The van der Waals surface area contributed by atoms with Gasteiger partial charge < -0.3 is 0 Å². The lowest BCUT2D eigenvalue weighted by atomic mass is 10.1. The molecule has 1 aromatic heterocycles. The minimum Gasteiger partial charge on any atom is -0.236 e. The van der Waals surface area contributed by atoms with E-state index in [-0.39, 0.29) is 6.54 Å². The molecule has 0 aliphatic rings. The highest BCUT2D eigenvalue weighted by molar-refractivity contribution is 6.30. The molecule has 0 unspecified atom stereocenters. The van der Waals surface area contributed by atoms with Crippen LogP contribution in [0, 0.1) is 0 Å². The van der Waals surface area contributed by atoms with Crippen molar-refractivity contribution in [2.45, 2.75) is 6.54 Å². The number of pyridine rings is 1. The molecular weight excluding hydrogens is 212 g/mol. The molecule has 0 bridgehead atoms. The average Bonchev–Trinajstić information content (AvgIpc) is 2.26. The lowest BCUT2D eigenvalue weighted by Crippen LogP contribution is -1.88. The van der Waals surface area contributed by atoms with Gasteiger partial charge in [0.2, 0.25) is 0 Å². The molecule has 0 saturated carbocycles. The lowest BCUT2D eigenvalue weighted by Gasteiger charge is -2.02. The molecule has 0 atom stereocenters. The Labute approximate surface area is 91.1 Å². The molecule has 0 spiro atoms. The van der Waals surface area contributed by atoms with Crippen molar-refractivity contribution in [2.75, 3.05) is 0 Å². The topological polar surface area (TPSA) is 61.7 Å². The maximum absolute atomic E-state index is 8.23. The van der Waals surface area contributed by atoms with Gasteiger partial charge in [-0.25, -0.2) is 4.98 Å². The van der Waals surface area contributed by atoms with Crippen molar-refractivity contribution in [3.63, 3.8) is 0 Å². The molecule has 0 amide bonds. The summed E-state index contributed by atoms with van der Waals surface area (Å²) in [6, 6.07) is 9.55. The first-order chi connectivity index (χ1) is 7.31. The van der Waals surface area contributed by atoms with E-state index in [2.05, 4.69) is 15.0 Å². The Balaban J connectivity index is 2.56. The van der Waals surface area contributed by atoms with Crippen molar-refractivity contribution < 1.29 is 0 Å². The van der Waals surface area contributed by atoms with Crippen molar-refractivity contribution in [3.8, 4) is 0 Å². The molecule has 15 heavy (non-hydrogen) atoms. The first-order valence-corrected chi connectivity index (χ1v) is 4.74. The van der Waals surface area contributed by atoms with Gasteiger partial charge in [0, 0.05) is 10.3 Å². The molecule has 4 nitrogen and oxygen atoms in total. The third-order valence-corrected chi connectivity index (χ3v) is 2.38. The monoisotopic (exact) mass is 218 g/mol. The van der Waals surface area contributed by atoms with E-state index in [1.165, 1.54) is 0 Å². The molecule has 1 heterocycles. The molecule has 0 aliphatic heterocycles. The van der Waals surface area contributed by atoms with Crippen LogP contribution < -0.4 is 0 Å². The smallest absolute Gasteiger partial charge is 0.133 e. The second-order valence-electron chi connectivity index (χ2n) is 3.02. The van der Waals surface area contributed by atoms with Crippen LogP contribution in [-0.2, 0) is 6.54 Å². The summed E-state index contributed by atoms with van der Waals surface area (Å²) in [5.74, 6) is 0. The van der Waals surface area contributed by atoms with Crippen LogP contribution in [0.3, 0.4) is 0 Å². The minimum absolute atomic E-state index is 0.229. The highest BCUT2D eigenvalue weighted by atomic mass is 35.5. The van der Waals surface area contributed by atoms with Crippen molar-refractivity contribution in [1.29, 1.82) is 0 Å². The fourth-order valence-electron chi connectivity index (χ4n) is 1.35. The number of hydrogen-bond donors (Lipinski definition) is 0. The maximum atomic E-state index is 8.23. The quantitative estimate of drug-likeness (QED) is 0.328. The van der Waals surface area contributed by atoms with Gasteiger partial charge in [-0.05, 0) is 23.2 Å². The van der Waals surface area contributed by atoms with E-state index in [1.807, 2.05) is 30.3 Å². The third kappa shape index (κ3) is 2.01. The summed E-state index contributed by atoms with van der Waals surface area (Å²) in [6.07, 6.45) is 0. The van der Waals surface area contributed by atoms with E-state index in [0.717, 1.165) is 16.5 Å².